The van der Waals surface area contributed by atoms with Gasteiger partial charge in [0.1, 0.15) is 0 Å². The predicted molar refractivity (Wildman–Crippen MR) is 69.1 cm³/mol. The highest BCUT2D eigenvalue weighted by molar-refractivity contribution is 7.11. The van der Waals surface area contributed by atoms with Gasteiger partial charge in [-0.25, -0.2) is 4.98 Å². The highest BCUT2D eigenvalue weighted by atomic mass is 32.1. The normalized spacial score (nSPS) is 15.1. The molecule has 0 saturated heterocycles. The van der Waals surface area contributed by atoms with Gasteiger partial charge in [0.2, 0.25) is 0 Å². The minimum Gasteiger partial charge on any atom is -0.388 e. The third-order valence-corrected chi connectivity index (χ3v) is 3.61. The molecule has 92 valence electrons. The molecule has 4 heteroatoms. The molecule has 0 aliphatic carbocycles. The number of nitrogens with one attached hydrogen (secondary N) is 1. The van der Waals surface area contributed by atoms with E-state index >= 15 is 0 Å². The molecule has 0 bridgehead atoms. The lowest BCUT2D eigenvalue weighted by molar-refractivity contribution is 0.0603. The Morgan fingerprint density at radius 3 is 2.62 bits per heavy atom. The molecule has 1 aromatic rings. The lowest BCUT2D eigenvalue weighted by Gasteiger charge is -2.22. The highest BCUT2D eigenvalue weighted by Gasteiger charge is 2.22. The fraction of sp³-hybridized carbons (Fsp3) is 0.750. The van der Waals surface area contributed by atoms with Gasteiger partial charge in [0, 0.05) is 17.8 Å². The van der Waals surface area contributed by atoms with Crippen molar-refractivity contribution in [3.63, 3.8) is 0 Å². The molecule has 0 aliphatic rings. The summed E-state index contributed by atoms with van der Waals surface area (Å²) in [5.41, 5.74) is 0.378. The number of aliphatic hydroxyl groups is 1. The molecule has 0 spiro atoms. The first kappa shape index (κ1) is 13.6. The minimum absolute atomic E-state index is 0.624. The Balaban J connectivity index is 2.51. The molecule has 16 heavy (non-hydrogen) atoms. The quantitative estimate of drug-likeness (QED) is 0.751. The lowest BCUT2D eigenvalue weighted by Crippen LogP contribution is -2.39. The highest BCUT2D eigenvalue weighted by Crippen LogP contribution is 2.20. The van der Waals surface area contributed by atoms with Gasteiger partial charge in [-0.2, -0.15) is 0 Å². The number of aromatic nitrogens is 1. The van der Waals surface area contributed by atoms with E-state index in [1.807, 2.05) is 13.8 Å². The van der Waals surface area contributed by atoms with E-state index in [-0.39, 0.29) is 0 Å². The lowest BCUT2D eigenvalue weighted by atomic mass is 10.0. The Morgan fingerprint density at radius 1 is 1.44 bits per heavy atom. The molecule has 2 N–H and O–H groups in total. The fourth-order valence-corrected chi connectivity index (χ4v) is 2.65. The monoisotopic (exact) mass is 242 g/mol. The van der Waals surface area contributed by atoms with Crippen LogP contribution in [0.25, 0.3) is 0 Å². The zero-order valence-corrected chi connectivity index (χ0v) is 11.4. The first-order valence-corrected chi connectivity index (χ1v) is 6.62. The third kappa shape index (κ3) is 4.20. The van der Waals surface area contributed by atoms with Crippen molar-refractivity contribution in [1.82, 2.24) is 10.3 Å². The molecule has 1 heterocycles. The van der Waals surface area contributed by atoms with E-state index in [2.05, 4.69) is 24.1 Å². The maximum Gasteiger partial charge on any atom is 0.0959 e. The van der Waals surface area contributed by atoms with Crippen molar-refractivity contribution in [3.8, 4) is 0 Å². The largest absolute Gasteiger partial charge is 0.388 e. The van der Waals surface area contributed by atoms with Crippen LogP contribution < -0.4 is 5.32 Å². The molecule has 1 rings (SSSR count). The molecule has 0 saturated carbocycles. The number of hydrogen-bond acceptors (Lipinski definition) is 4. The summed E-state index contributed by atoms with van der Waals surface area (Å²) in [6.45, 7) is 9.64. The number of rotatable bonds is 6. The maximum absolute atomic E-state index is 10.2. The molecule has 0 fully saturated rings. The van der Waals surface area contributed by atoms with Crippen LogP contribution in [0, 0.1) is 13.8 Å². The second-order valence-electron chi connectivity index (χ2n) is 4.60. The van der Waals surface area contributed by atoms with Gasteiger partial charge in [-0.05, 0) is 33.7 Å². The number of hydrogen-bond donors (Lipinski definition) is 2. The molecule has 1 aromatic heterocycles. The standard InChI is InChI=1S/C12H22N2OS/c1-5-6-13-8-12(4,15)7-11-14-9(2)10(3)16-11/h13,15H,5-8H2,1-4H3. The molecule has 1 unspecified atom stereocenters. The summed E-state index contributed by atoms with van der Waals surface area (Å²) in [6, 6.07) is 0. The molecule has 1 atom stereocenters. The van der Waals surface area contributed by atoms with E-state index in [9.17, 15) is 5.11 Å². The molecule has 0 radical (unpaired) electrons. The Hall–Kier alpha value is -0.450. The van der Waals surface area contributed by atoms with Crippen LogP contribution >= 0.6 is 11.3 Å². The van der Waals surface area contributed by atoms with Crippen molar-refractivity contribution in [2.24, 2.45) is 0 Å². The Kier molecular flexibility index (Phi) is 4.89. The average molecular weight is 242 g/mol. The average Bonchev–Trinajstić information content (AvgIpc) is 2.44. The van der Waals surface area contributed by atoms with Crippen LogP contribution in [0.4, 0.5) is 0 Å². The van der Waals surface area contributed by atoms with Crippen LogP contribution in [0.2, 0.25) is 0 Å². The van der Waals surface area contributed by atoms with Crippen molar-refractivity contribution in [3.05, 3.63) is 15.6 Å². The summed E-state index contributed by atoms with van der Waals surface area (Å²) >= 11 is 1.68. The Labute approximate surface area is 102 Å². The SMILES string of the molecule is CCCNCC(C)(O)Cc1nc(C)c(C)s1. The molecular weight excluding hydrogens is 220 g/mol. The van der Waals surface area contributed by atoms with Crippen LogP contribution in [-0.4, -0.2) is 28.8 Å². The molecular formula is C12H22N2OS. The molecule has 0 amide bonds. The molecule has 0 aliphatic heterocycles. The smallest absolute Gasteiger partial charge is 0.0959 e. The van der Waals surface area contributed by atoms with Crippen LogP contribution in [0.5, 0.6) is 0 Å². The van der Waals surface area contributed by atoms with E-state index < -0.39 is 5.60 Å². The van der Waals surface area contributed by atoms with E-state index in [0.717, 1.165) is 23.7 Å². The van der Waals surface area contributed by atoms with Crippen molar-refractivity contribution in [2.75, 3.05) is 13.1 Å². The summed E-state index contributed by atoms with van der Waals surface area (Å²) in [7, 11) is 0. The Morgan fingerprint density at radius 2 is 2.12 bits per heavy atom. The first-order valence-electron chi connectivity index (χ1n) is 5.80. The van der Waals surface area contributed by atoms with Crippen molar-refractivity contribution < 1.29 is 5.11 Å². The minimum atomic E-state index is -0.702. The summed E-state index contributed by atoms with van der Waals surface area (Å²) in [5.74, 6) is 0. The number of aryl methyl sites for hydroxylation is 2. The Bertz CT molecular complexity index is 314. The predicted octanol–water partition coefficient (Wildman–Crippen LogP) is 2.05. The number of nitrogens with zero attached hydrogens (tertiary/aromatic N) is 1. The van der Waals surface area contributed by atoms with Crippen LogP contribution in [-0.2, 0) is 6.42 Å². The summed E-state index contributed by atoms with van der Waals surface area (Å²) in [4.78, 5) is 5.70. The number of thiazole rings is 1. The second kappa shape index (κ2) is 5.75. The van der Waals surface area contributed by atoms with Crippen LogP contribution in [0.15, 0.2) is 0 Å². The van der Waals surface area contributed by atoms with Gasteiger partial charge in [-0.1, -0.05) is 6.92 Å². The summed E-state index contributed by atoms with van der Waals surface area (Å²) in [5, 5.41) is 14.5. The topological polar surface area (TPSA) is 45.1 Å². The van der Waals surface area contributed by atoms with E-state index in [0.29, 0.717) is 13.0 Å². The van der Waals surface area contributed by atoms with Gasteiger partial charge in [0.25, 0.3) is 0 Å². The van der Waals surface area contributed by atoms with Crippen molar-refractivity contribution >= 4 is 11.3 Å². The first-order chi connectivity index (χ1) is 7.44. The van der Waals surface area contributed by atoms with Gasteiger partial charge in [-0.3, -0.25) is 0 Å². The van der Waals surface area contributed by atoms with Crippen molar-refractivity contribution in [1.29, 1.82) is 0 Å². The second-order valence-corrected chi connectivity index (χ2v) is 5.89. The molecule has 3 nitrogen and oxygen atoms in total. The van der Waals surface area contributed by atoms with Gasteiger partial charge in [-0.15, -0.1) is 11.3 Å². The van der Waals surface area contributed by atoms with Gasteiger partial charge >= 0.3 is 0 Å². The zero-order valence-electron chi connectivity index (χ0n) is 10.6. The third-order valence-electron chi connectivity index (χ3n) is 2.54. The van der Waals surface area contributed by atoms with Crippen LogP contribution in [0.1, 0.15) is 35.8 Å². The van der Waals surface area contributed by atoms with Gasteiger partial charge in [0.15, 0.2) is 0 Å². The fourth-order valence-electron chi connectivity index (χ4n) is 1.54. The van der Waals surface area contributed by atoms with E-state index in [4.69, 9.17) is 0 Å². The summed E-state index contributed by atoms with van der Waals surface area (Å²) in [6.07, 6.45) is 1.72. The molecule has 0 aromatic carbocycles. The summed E-state index contributed by atoms with van der Waals surface area (Å²) < 4.78 is 0. The van der Waals surface area contributed by atoms with Gasteiger partial charge < -0.3 is 10.4 Å². The van der Waals surface area contributed by atoms with Gasteiger partial charge in [0.05, 0.1) is 16.3 Å². The van der Waals surface area contributed by atoms with E-state index in [1.54, 1.807) is 11.3 Å². The zero-order chi connectivity index (χ0) is 12.2. The van der Waals surface area contributed by atoms with E-state index in [1.165, 1.54) is 4.88 Å². The van der Waals surface area contributed by atoms with Crippen molar-refractivity contribution in [2.45, 2.75) is 46.1 Å². The maximum atomic E-state index is 10.2. The van der Waals surface area contributed by atoms with Crippen LogP contribution in [0.3, 0.4) is 0 Å².